The number of hydrogen-bond acceptors (Lipinski definition) is 4. The molecule has 1 aromatic heterocycles. The van der Waals surface area contributed by atoms with Gasteiger partial charge in [-0.1, -0.05) is 26.0 Å². The molecule has 1 unspecified atom stereocenters. The van der Waals surface area contributed by atoms with Gasteiger partial charge in [-0.25, -0.2) is 4.98 Å². The van der Waals surface area contributed by atoms with Crippen molar-refractivity contribution in [2.45, 2.75) is 26.2 Å². The molecule has 6 heteroatoms. The molecule has 1 amide bonds. The fourth-order valence-corrected chi connectivity index (χ4v) is 3.89. The number of aromatic nitrogens is 1. The number of nitrogens with one attached hydrogen (secondary N) is 1. The first-order valence-electron chi connectivity index (χ1n) is 10.1. The van der Waals surface area contributed by atoms with Crippen molar-refractivity contribution in [3.8, 4) is 17.2 Å². The van der Waals surface area contributed by atoms with Gasteiger partial charge in [0.05, 0.1) is 11.6 Å². The third kappa shape index (κ3) is 4.49. The number of carbonyl (C=O) groups excluding carboxylic acids is 1. The quantitative estimate of drug-likeness (QED) is 0.322. The van der Waals surface area contributed by atoms with Crippen molar-refractivity contribution in [3.63, 3.8) is 0 Å². The molecule has 0 aliphatic heterocycles. The molecule has 31 heavy (non-hydrogen) atoms. The van der Waals surface area contributed by atoms with Crippen LogP contribution in [0, 0.1) is 0 Å². The minimum atomic E-state index is -0.212. The van der Waals surface area contributed by atoms with Crippen LogP contribution < -0.4 is 10.1 Å². The van der Waals surface area contributed by atoms with E-state index < -0.39 is 0 Å². The molecule has 1 N–H and O–H groups in total. The number of fused-ring (bicyclic) bond motifs is 1. The van der Waals surface area contributed by atoms with Gasteiger partial charge in [0.2, 0.25) is 5.89 Å². The Balaban J connectivity index is 1.58. The van der Waals surface area contributed by atoms with Gasteiger partial charge in [-0.05, 0) is 82.4 Å². The van der Waals surface area contributed by atoms with Gasteiger partial charge in [0.15, 0.2) is 5.58 Å². The van der Waals surface area contributed by atoms with Crippen LogP contribution in [0.5, 0.6) is 5.75 Å². The summed E-state index contributed by atoms with van der Waals surface area (Å²) >= 11 is 3.41. The lowest BCUT2D eigenvalue weighted by Gasteiger charge is -2.08. The van der Waals surface area contributed by atoms with Gasteiger partial charge in [0.25, 0.3) is 5.91 Å². The molecule has 1 atom stereocenters. The minimum absolute atomic E-state index is 0.212. The van der Waals surface area contributed by atoms with Crippen LogP contribution in [0.1, 0.15) is 42.1 Å². The highest BCUT2D eigenvalue weighted by atomic mass is 79.9. The maximum absolute atomic E-state index is 12.7. The Bertz CT molecular complexity index is 1250. The fraction of sp³-hybridized carbons (Fsp3) is 0.200. The van der Waals surface area contributed by atoms with E-state index in [2.05, 4.69) is 52.2 Å². The van der Waals surface area contributed by atoms with Gasteiger partial charge < -0.3 is 14.5 Å². The summed E-state index contributed by atoms with van der Waals surface area (Å²) < 4.78 is 11.9. The van der Waals surface area contributed by atoms with Crippen molar-refractivity contribution in [1.29, 1.82) is 0 Å². The average Bonchev–Trinajstić information content (AvgIpc) is 3.22. The predicted octanol–water partition coefficient (Wildman–Crippen LogP) is 7.03. The van der Waals surface area contributed by atoms with Crippen molar-refractivity contribution >= 4 is 38.6 Å². The standard InChI is InChI=1S/C25H23BrN2O3/c1-4-15(2)16-8-11-23-21(14-16)28-25(31-23)18-6-5-7-19(12-18)27-24(29)17-9-10-22(30-3)20(26)13-17/h5-15H,4H2,1-3H3,(H,27,29). The monoisotopic (exact) mass is 478 g/mol. The average molecular weight is 479 g/mol. The summed E-state index contributed by atoms with van der Waals surface area (Å²) in [6.07, 6.45) is 1.07. The number of rotatable bonds is 6. The van der Waals surface area contributed by atoms with E-state index in [-0.39, 0.29) is 5.91 Å². The van der Waals surface area contributed by atoms with Crippen LogP contribution in [0.4, 0.5) is 5.69 Å². The van der Waals surface area contributed by atoms with E-state index in [4.69, 9.17) is 9.15 Å². The molecule has 158 valence electrons. The maximum Gasteiger partial charge on any atom is 0.255 e. The van der Waals surface area contributed by atoms with E-state index in [1.54, 1.807) is 25.3 Å². The zero-order chi connectivity index (χ0) is 22.0. The number of halogens is 1. The number of benzene rings is 3. The Kier molecular flexibility index (Phi) is 6.09. The topological polar surface area (TPSA) is 64.4 Å². The Labute approximate surface area is 189 Å². The Morgan fingerprint density at radius 1 is 1.16 bits per heavy atom. The number of hydrogen-bond donors (Lipinski definition) is 1. The van der Waals surface area contributed by atoms with E-state index in [0.29, 0.717) is 28.8 Å². The minimum Gasteiger partial charge on any atom is -0.496 e. The summed E-state index contributed by atoms with van der Waals surface area (Å²) in [7, 11) is 1.59. The summed E-state index contributed by atoms with van der Waals surface area (Å²) in [4.78, 5) is 17.3. The van der Waals surface area contributed by atoms with E-state index in [9.17, 15) is 4.79 Å². The number of carbonyl (C=O) groups is 1. The van der Waals surface area contributed by atoms with E-state index in [0.717, 1.165) is 27.6 Å². The highest BCUT2D eigenvalue weighted by Crippen LogP contribution is 2.30. The van der Waals surface area contributed by atoms with E-state index in [1.807, 2.05) is 30.3 Å². The number of oxazole rings is 1. The molecule has 0 saturated carbocycles. The van der Waals surface area contributed by atoms with Crippen molar-refractivity contribution < 1.29 is 13.9 Å². The van der Waals surface area contributed by atoms with Gasteiger partial charge in [0.1, 0.15) is 11.3 Å². The third-order valence-corrected chi connectivity index (χ3v) is 5.99. The number of anilines is 1. The Hall–Kier alpha value is -3.12. The lowest BCUT2D eigenvalue weighted by Crippen LogP contribution is -2.11. The lowest BCUT2D eigenvalue weighted by molar-refractivity contribution is 0.102. The van der Waals surface area contributed by atoms with Crippen molar-refractivity contribution in [2.24, 2.45) is 0 Å². The fourth-order valence-electron chi connectivity index (χ4n) is 3.35. The molecule has 4 aromatic rings. The van der Waals surface area contributed by atoms with Gasteiger partial charge in [0, 0.05) is 16.8 Å². The van der Waals surface area contributed by atoms with Crippen LogP contribution >= 0.6 is 15.9 Å². The first-order chi connectivity index (χ1) is 15.0. The molecule has 0 spiro atoms. The number of amides is 1. The zero-order valence-corrected chi connectivity index (χ0v) is 19.2. The van der Waals surface area contributed by atoms with Crippen LogP contribution in [0.25, 0.3) is 22.6 Å². The molecule has 0 aliphatic rings. The summed E-state index contributed by atoms with van der Waals surface area (Å²) in [6, 6.07) is 18.8. The van der Waals surface area contributed by atoms with Gasteiger partial charge in [-0.3, -0.25) is 4.79 Å². The first kappa shape index (κ1) is 21.1. The second-order valence-electron chi connectivity index (χ2n) is 7.44. The molecule has 4 rings (SSSR count). The predicted molar refractivity (Wildman–Crippen MR) is 127 cm³/mol. The van der Waals surface area contributed by atoms with Crippen molar-refractivity contribution in [1.82, 2.24) is 4.98 Å². The smallest absolute Gasteiger partial charge is 0.255 e. The normalized spacial score (nSPS) is 12.0. The molecule has 0 saturated heterocycles. The molecule has 0 aliphatic carbocycles. The number of ether oxygens (including phenoxy) is 1. The van der Waals surface area contributed by atoms with Crippen LogP contribution in [0.2, 0.25) is 0 Å². The summed E-state index contributed by atoms with van der Waals surface area (Å²) in [6.45, 7) is 4.38. The summed E-state index contributed by atoms with van der Waals surface area (Å²) in [5.41, 5.74) is 4.83. The summed E-state index contributed by atoms with van der Waals surface area (Å²) in [5.74, 6) is 1.46. The lowest BCUT2D eigenvalue weighted by atomic mass is 9.98. The molecule has 1 heterocycles. The van der Waals surface area contributed by atoms with Crippen LogP contribution in [0.15, 0.2) is 69.6 Å². The SMILES string of the molecule is CCC(C)c1ccc2oc(-c3cccc(NC(=O)c4ccc(OC)c(Br)c4)c3)nc2c1. The Morgan fingerprint density at radius 2 is 2.00 bits per heavy atom. The number of methoxy groups -OCH3 is 1. The highest BCUT2D eigenvalue weighted by Gasteiger charge is 2.13. The second-order valence-corrected chi connectivity index (χ2v) is 8.29. The van der Waals surface area contributed by atoms with Crippen molar-refractivity contribution in [2.75, 3.05) is 12.4 Å². The first-order valence-corrected chi connectivity index (χ1v) is 10.9. The van der Waals surface area contributed by atoms with Crippen LogP contribution in [-0.4, -0.2) is 18.0 Å². The Morgan fingerprint density at radius 3 is 2.74 bits per heavy atom. The van der Waals surface area contributed by atoms with Crippen LogP contribution in [-0.2, 0) is 0 Å². The van der Waals surface area contributed by atoms with Gasteiger partial charge in [-0.15, -0.1) is 0 Å². The van der Waals surface area contributed by atoms with Crippen molar-refractivity contribution in [3.05, 3.63) is 76.3 Å². The summed E-state index contributed by atoms with van der Waals surface area (Å²) in [5, 5.41) is 2.93. The number of nitrogens with zero attached hydrogens (tertiary/aromatic N) is 1. The van der Waals surface area contributed by atoms with Gasteiger partial charge >= 0.3 is 0 Å². The highest BCUT2D eigenvalue weighted by molar-refractivity contribution is 9.10. The largest absolute Gasteiger partial charge is 0.496 e. The molecule has 0 bridgehead atoms. The zero-order valence-electron chi connectivity index (χ0n) is 17.6. The molecule has 5 nitrogen and oxygen atoms in total. The van der Waals surface area contributed by atoms with E-state index in [1.165, 1.54) is 5.56 Å². The maximum atomic E-state index is 12.7. The van der Waals surface area contributed by atoms with E-state index >= 15 is 0 Å². The second kappa shape index (κ2) is 8.94. The molecular weight excluding hydrogens is 456 g/mol. The molecule has 0 fully saturated rings. The third-order valence-electron chi connectivity index (χ3n) is 5.37. The van der Waals surface area contributed by atoms with Crippen LogP contribution in [0.3, 0.4) is 0 Å². The van der Waals surface area contributed by atoms with Gasteiger partial charge in [-0.2, -0.15) is 0 Å². The molecule has 3 aromatic carbocycles. The molecule has 0 radical (unpaired) electrons. The molecular formula is C25H23BrN2O3.